The predicted octanol–water partition coefficient (Wildman–Crippen LogP) is 4.42. The Morgan fingerprint density at radius 3 is 2.69 bits per heavy atom. The third kappa shape index (κ3) is 5.27. The Morgan fingerprint density at radius 2 is 2.03 bits per heavy atom. The summed E-state index contributed by atoms with van der Waals surface area (Å²) in [6, 6.07) is 10.4. The van der Waals surface area contributed by atoms with Crippen molar-refractivity contribution in [1.82, 2.24) is 19.7 Å². The van der Waals surface area contributed by atoms with Gasteiger partial charge < -0.3 is 18.9 Å². The largest absolute Gasteiger partial charge is 0.493 e. The van der Waals surface area contributed by atoms with Gasteiger partial charge >= 0.3 is 0 Å². The molecule has 1 saturated carbocycles. The lowest BCUT2D eigenvalue weighted by Gasteiger charge is -2.21. The summed E-state index contributed by atoms with van der Waals surface area (Å²) >= 11 is 3.21. The minimum Gasteiger partial charge on any atom is -0.493 e. The highest BCUT2D eigenvalue weighted by atomic mass is 32.2. The lowest BCUT2D eigenvalue weighted by atomic mass is 10.2. The van der Waals surface area contributed by atoms with Crippen LogP contribution in [0.4, 0.5) is 0 Å². The average molecular weight is 473 g/mol. The molecule has 1 aliphatic carbocycles. The van der Waals surface area contributed by atoms with E-state index in [9.17, 15) is 4.79 Å². The number of amides is 1. The standard InChI is InChI=1S/C23H28N4O3S2/c1-4-26(14-16-7-10-19(29-2)20(12-16)30-3)22(28)15-32-23-25-24-21(27(23)17-8-9-17)13-18-6-5-11-31-18/h5-7,10-12,17H,4,8-9,13-15H2,1-3H3. The Balaban J connectivity index is 1.41. The van der Waals surface area contributed by atoms with Gasteiger partial charge in [-0.05, 0) is 48.9 Å². The molecule has 1 fully saturated rings. The summed E-state index contributed by atoms with van der Waals surface area (Å²) in [6.07, 6.45) is 3.09. The van der Waals surface area contributed by atoms with E-state index in [4.69, 9.17) is 9.47 Å². The van der Waals surface area contributed by atoms with E-state index in [1.165, 1.54) is 16.6 Å². The molecule has 0 atom stereocenters. The number of methoxy groups -OCH3 is 2. The van der Waals surface area contributed by atoms with Crippen LogP contribution in [0.5, 0.6) is 11.5 Å². The second-order valence-electron chi connectivity index (χ2n) is 7.64. The van der Waals surface area contributed by atoms with Gasteiger partial charge in [0, 0.05) is 30.4 Å². The average Bonchev–Trinajstić information content (AvgIpc) is 3.37. The van der Waals surface area contributed by atoms with Crippen molar-refractivity contribution in [1.29, 1.82) is 0 Å². The van der Waals surface area contributed by atoms with Crippen LogP contribution in [0.3, 0.4) is 0 Å². The van der Waals surface area contributed by atoms with Crippen LogP contribution in [0, 0.1) is 0 Å². The van der Waals surface area contributed by atoms with Crippen molar-refractivity contribution in [2.45, 2.75) is 43.9 Å². The van der Waals surface area contributed by atoms with Crippen LogP contribution in [0.1, 0.15) is 42.1 Å². The first kappa shape index (κ1) is 22.7. The molecule has 0 saturated heterocycles. The van der Waals surface area contributed by atoms with E-state index in [0.29, 0.717) is 36.4 Å². The number of thiophene rings is 1. The van der Waals surface area contributed by atoms with Gasteiger partial charge in [0.1, 0.15) is 5.82 Å². The monoisotopic (exact) mass is 472 g/mol. The number of carbonyl (C=O) groups excluding carboxylic acids is 1. The van der Waals surface area contributed by atoms with Gasteiger partial charge in [-0.15, -0.1) is 21.5 Å². The second-order valence-corrected chi connectivity index (χ2v) is 9.62. The lowest BCUT2D eigenvalue weighted by molar-refractivity contribution is -0.128. The molecule has 4 rings (SSSR count). The first-order valence-electron chi connectivity index (χ1n) is 10.7. The Bertz CT molecular complexity index is 1050. The Hall–Kier alpha value is -2.52. The Labute approximate surface area is 196 Å². The zero-order valence-electron chi connectivity index (χ0n) is 18.6. The number of benzene rings is 1. The van der Waals surface area contributed by atoms with Crippen LogP contribution >= 0.6 is 23.1 Å². The van der Waals surface area contributed by atoms with Crippen LogP contribution in [0.15, 0.2) is 40.9 Å². The van der Waals surface area contributed by atoms with Crippen LogP contribution in [-0.4, -0.2) is 52.1 Å². The molecule has 1 amide bonds. The van der Waals surface area contributed by atoms with Crippen LogP contribution in [0.25, 0.3) is 0 Å². The highest BCUT2D eigenvalue weighted by Crippen LogP contribution is 2.39. The molecule has 0 radical (unpaired) electrons. The van der Waals surface area contributed by atoms with Crippen molar-refractivity contribution >= 4 is 29.0 Å². The summed E-state index contributed by atoms with van der Waals surface area (Å²) in [5.74, 6) is 2.75. The molecule has 3 aromatic rings. The number of ether oxygens (including phenoxy) is 2. The van der Waals surface area contributed by atoms with E-state index in [-0.39, 0.29) is 5.91 Å². The number of hydrogen-bond acceptors (Lipinski definition) is 7. The lowest BCUT2D eigenvalue weighted by Crippen LogP contribution is -2.31. The molecule has 32 heavy (non-hydrogen) atoms. The fourth-order valence-corrected chi connectivity index (χ4v) is 5.22. The summed E-state index contributed by atoms with van der Waals surface area (Å²) in [7, 11) is 3.23. The Kier molecular flexibility index (Phi) is 7.36. The quantitative estimate of drug-likeness (QED) is 0.385. The number of thioether (sulfide) groups is 1. The number of aromatic nitrogens is 3. The molecule has 0 bridgehead atoms. The molecule has 2 aromatic heterocycles. The molecule has 0 N–H and O–H groups in total. The molecule has 170 valence electrons. The molecule has 9 heteroatoms. The van der Waals surface area contributed by atoms with Crippen LogP contribution < -0.4 is 9.47 Å². The van der Waals surface area contributed by atoms with Gasteiger partial charge in [0.25, 0.3) is 0 Å². The van der Waals surface area contributed by atoms with Crippen molar-refractivity contribution < 1.29 is 14.3 Å². The van der Waals surface area contributed by atoms with Crippen molar-refractivity contribution in [3.8, 4) is 11.5 Å². The van der Waals surface area contributed by atoms with Gasteiger partial charge in [0.15, 0.2) is 16.7 Å². The van der Waals surface area contributed by atoms with Gasteiger partial charge in [-0.25, -0.2) is 0 Å². The van der Waals surface area contributed by atoms with Crippen molar-refractivity contribution in [2.75, 3.05) is 26.5 Å². The zero-order valence-corrected chi connectivity index (χ0v) is 20.2. The van der Waals surface area contributed by atoms with E-state index in [1.54, 1.807) is 25.6 Å². The normalized spacial score (nSPS) is 13.2. The SMILES string of the molecule is CCN(Cc1ccc(OC)c(OC)c1)C(=O)CSc1nnc(Cc2cccs2)n1C1CC1. The molecule has 0 spiro atoms. The number of hydrogen-bond donors (Lipinski definition) is 0. The van der Waals surface area contributed by atoms with Crippen molar-refractivity contribution in [2.24, 2.45) is 0 Å². The molecule has 2 heterocycles. The summed E-state index contributed by atoms with van der Waals surface area (Å²) in [5.41, 5.74) is 1.00. The van der Waals surface area contributed by atoms with E-state index in [2.05, 4.69) is 32.3 Å². The van der Waals surface area contributed by atoms with Gasteiger partial charge in [0.2, 0.25) is 5.91 Å². The highest BCUT2D eigenvalue weighted by molar-refractivity contribution is 7.99. The maximum atomic E-state index is 13.0. The van der Waals surface area contributed by atoms with Gasteiger partial charge in [-0.1, -0.05) is 23.9 Å². The molecule has 1 aromatic carbocycles. The maximum Gasteiger partial charge on any atom is 0.233 e. The number of rotatable bonds is 11. The molecule has 0 unspecified atom stereocenters. The first-order chi connectivity index (χ1) is 15.6. The smallest absolute Gasteiger partial charge is 0.233 e. The van der Waals surface area contributed by atoms with Crippen LogP contribution in [-0.2, 0) is 17.8 Å². The predicted molar refractivity (Wildman–Crippen MR) is 127 cm³/mol. The molecular weight excluding hydrogens is 444 g/mol. The first-order valence-corrected chi connectivity index (χ1v) is 12.6. The summed E-state index contributed by atoms with van der Waals surface area (Å²) < 4.78 is 12.9. The number of carbonyl (C=O) groups is 1. The fraction of sp³-hybridized carbons (Fsp3) is 0.435. The second kappa shape index (κ2) is 10.4. The Morgan fingerprint density at radius 1 is 1.22 bits per heavy atom. The van der Waals surface area contributed by atoms with E-state index >= 15 is 0 Å². The molecule has 1 aliphatic rings. The molecule has 0 aliphatic heterocycles. The third-order valence-electron chi connectivity index (χ3n) is 5.44. The molecular formula is C23H28N4O3S2. The third-order valence-corrected chi connectivity index (χ3v) is 7.24. The summed E-state index contributed by atoms with van der Waals surface area (Å²) in [6.45, 7) is 3.15. The minimum atomic E-state index is 0.0810. The topological polar surface area (TPSA) is 69.5 Å². The van der Waals surface area contributed by atoms with Gasteiger partial charge in [0.05, 0.1) is 20.0 Å². The van der Waals surface area contributed by atoms with Gasteiger partial charge in [-0.2, -0.15) is 0 Å². The van der Waals surface area contributed by atoms with Gasteiger partial charge in [-0.3, -0.25) is 4.79 Å². The summed E-state index contributed by atoms with van der Waals surface area (Å²) in [5, 5.41) is 11.8. The summed E-state index contributed by atoms with van der Waals surface area (Å²) in [4.78, 5) is 16.1. The zero-order chi connectivity index (χ0) is 22.5. The van der Waals surface area contributed by atoms with Crippen molar-refractivity contribution in [3.05, 3.63) is 52.0 Å². The van der Waals surface area contributed by atoms with Crippen molar-refractivity contribution in [3.63, 3.8) is 0 Å². The maximum absolute atomic E-state index is 13.0. The highest BCUT2D eigenvalue weighted by Gasteiger charge is 2.30. The molecule has 7 nitrogen and oxygen atoms in total. The fourth-order valence-electron chi connectivity index (χ4n) is 3.59. The number of nitrogens with zero attached hydrogens (tertiary/aromatic N) is 4. The van der Waals surface area contributed by atoms with E-state index in [0.717, 1.165) is 35.8 Å². The van der Waals surface area contributed by atoms with E-state index < -0.39 is 0 Å². The van der Waals surface area contributed by atoms with Crippen LogP contribution in [0.2, 0.25) is 0 Å². The van der Waals surface area contributed by atoms with E-state index in [1.807, 2.05) is 30.0 Å². The minimum absolute atomic E-state index is 0.0810.